The molecule has 4 heteroatoms. The second-order valence-electron chi connectivity index (χ2n) is 5.88. The van der Waals surface area contributed by atoms with Crippen molar-refractivity contribution >= 4 is 11.6 Å². The van der Waals surface area contributed by atoms with Gasteiger partial charge in [0.1, 0.15) is 17.5 Å². The topological polar surface area (TPSA) is 49.8 Å². The van der Waals surface area contributed by atoms with Gasteiger partial charge in [-0.1, -0.05) is 52.9 Å². The van der Waals surface area contributed by atoms with E-state index >= 15 is 0 Å². The van der Waals surface area contributed by atoms with Crippen molar-refractivity contribution in [3.8, 4) is 0 Å². The van der Waals surface area contributed by atoms with Crippen molar-refractivity contribution in [2.24, 2.45) is 0 Å². The Labute approximate surface area is 130 Å². The maximum atomic E-state index is 4.60. The summed E-state index contributed by atoms with van der Waals surface area (Å²) in [6, 6.07) is 2.01. The van der Waals surface area contributed by atoms with E-state index < -0.39 is 0 Å². The molecule has 0 radical (unpaired) electrons. The Bertz CT molecular complexity index is 390. The molecule has 1 aromatic heterocycles. The summed E-state index contributed by atoms with van der Waals surface area (Å²) in [5.41, 5.74) is 0. The molecule has 120 valence electrons. The second-order valence-corrected chi connectivity index (χ2v) is 5.88. The molecule has 4 nitrogen and oxygen atoms in total. The molecule has 1 rings (SSSR count). The Morgan fingerprint density at radius 1 is 0.905 bits per heavy atom. The van der Waals surface area contributed by atoms with Gasteiger partial charge in [0.2, 0.25) is 0 Å². The van der Waals surface area contributed by atoms with Crippen LogP contribution >= 0.6 is 0 Å². The molecule has 1 aromatic rings. The number of aromatic nitrogens is 2. The maximum absolute atomic E-state index is 4.60. The van der Waals surface area contributed by atoms with Crippen molar-refractivity contribution in [2.75, 3.05) is 23.7 Å². The maximum Gasteiger partial charge on any atom is 0.135 e. The third-order valence-corrected chi connectivity index (χ3v) is 3.45. The van der Waals surface area contributed by atoms with E-state index in [0.29, 0.717) is 5.92 Å². The van der Waals surface area contributed by atoms with Crippen molar-refractivity contribution < 1.29 is 0 Å². The van der Waals surface area contributed by atoms with Crippen LogP contribution in [0.3, 0.4) is 0 Å². The van der Waals surface area contributed by atoms with Crippen molar-refractivity contribution in [1.82, 2.24) is 9.97 Å². The fourth-order valence-corrected chi connectivity index (χ4v) is 2.21. The molecule has 0 unspecified atom stereocenters. The van der Waals surface area contributed by atoms with E-state index in [4.69, 9.17) is 0 Å². The summed E-state index contributed by atoms with van der Waals surface area (Å²) in [5.74, 6) is 3.11. The average molecular weight is 292 g/mol. The highest BCUT2D eigenvalue weighted by molar-refractivity contribution is 5.47. The standard InChI is InChI=1S/C17H32N4/c1-5-7-8-9-10-11-12-19-16-13-15(18-6-2)20-17(21-16)14(3)4/h13-14H,5-12H2,1-4H3,(H2,18,19,20,21). The van der Waals surface area contributed by atoms with Gasteiger partial charge in [-0.15, -0.1) is 0 Å². The molecule has 0 aromatic carbocycles. The van der Waals surface area contributed by atoms with Crippen molar-refractivity contribution in [2.45, 2.75) is 72.1 Å². The molecule has 0 fully saturated rings. The highest BCUT2D eigenvalue weighted by Gasteiger charge is 2.07. The molecule has 0 saturated carbocycles. The van der Waals surface area contributed by atoms with E-state index in [1.165, 1.54) is 38.5 Å². The Kier molecular flexibility index (Phi) is 8.79. The summed E-state index contributed by atoms with van der Waals surface area (Å²) in [7, 11) is 0. The zero-order valence-electron chi connectivity index (χ0n) is 14.2. The van der Waals surface area contributed by atoms with Gasteiger partial charge in [-0.25, -0.2) is 9.97 Å². The largest absolute Gasteiger partial charge is 0.370 e. The van der Waals surface area contributed by atoms with Gasteiger partial charge in [-0.05, 0) is 13.3 Å². The number of rotatable bonds is 11. The van der Waals surface area contributed by atoms with Crippen molar-refractivity contribution in [3.63, 3.8) is 0 Å². The lowest BCUT2D eigenvalue weighted by molar-refractivity contribution is 0.616. The minimum Gasteiger partial charge on any atom is -0.370 e. The Morgan fingerprint density at radius 3 is 2.14 bits per heavy atom. The average Bonchev–Trinajstić information content (AvgIpc) is 2.46. The smallest absolute Gasteiger partial charge is 0.135 e. The molecule has 0 aliphatic rings. The summed E-state index contributed by atoms with van der Waals surface area (Å²) in [6.45, 7) is 10.5. The van der Waals surface area contributed by atoms with Gasteiger partial charge in [0.25, 0.3) is 0 Å². The number of nitrogens with one attached hydrogen (secondary N) is 2. The van der Waals surface area contributed by atoms with Gasteiger partial charge in [0.05, 0.1) is 0 Å². The molecule has 0 aliphatic heterocycles. The number of anilines is 2. The van der Waals surface area contributed by atoms with Crippen LogP contribution in [0.25, 0.3) is 0 Å². The predicted molar refractivity (Wildman–Crippen MR) is 92.2 cm³/mol. The van der Waals surface area contributed by atoms with Crippen LogP contribution in [0.2, 0.25) is 0 Å². The molecule has 0 atom stereocenters. The highest BCUT2D eigenvalue weighted by atomic mass is 15.1. The van der Waals surface area contributed by atoms with E-state index in [2.05, 4.69) is 48.3 Å². The van der Waals surface area contributed by atoms with E-state index in [-0.39, 0.29) is 0 Å². The van der Waals surface area contributed by atoms with Crippen LogP contribution in [0, 0.1) is 0 Å². The summed E-state index contributed by atoms with van der Waals surface area (Å²) in [4.78, 5) is 9.14. The van der Waals surface area contributed by atoms with Crippen LogP contribution < -0.4 is 10.6 Å². The third kappa shape index (κ3) is 7.30. The molecule has 0 spiro atoms. The van der Waals surface area contributed by atoms with Gasteiger partial charge in [0.15, 0.2) is 0 Å². The summed E-state index contributed by atoms with van der Waals surface area (Å²) < 4.78 is 0. The summed E-state index contributed by atoms with van der Waals surface area (Å²) >= 11 is 0. The van der Waals surface area contributed by atoms with Crippen LogP contribution in [0.1, 0.15) is 78.0 Å². The summed E-state index contributed by atoms with van der Waals surface area (Å²) in [5, 5.41) is 6.72. The fourth-order valence-electron chi connectivity index (χ4n) is 2.21. The van der Waals surface area contributed by atoms with E-state index in [1.807, 2.05) is 6.07 Å². The number of hydrogen-bond acceptors (Lipinski definition) is 4. The SMILES string of the molecule is CCCCCCCCNc1cc(NCC)nc(C(C)C)n1. The Balaban J connectivity index is 2.42. The first kappa shape index (κ1) is 17.7. The van der Waals surface area contributed by atoms with Crippen molar-refractivity contribution in [1.29, 1.82) is 0 Å². The lowest BCUT2D eigenvalue weighted by atomic mass is 10.1. The van der Waals surface area contributed by atoms with Crippen LogP contribution in [0.15, 0.2) is 6.07 Å². The lowest BCUT2D eigenvalue weighted by Crippen LogP contribution is -2.09. The van der Waals surface area contributed by atoms with Crippen molar-refractivity contribution in [3.05, 3.63) is 11.9 Å². The van der Waals surface area contributed by atoms with Gasteiger partial charge in [-0.3, -0.25) is 0 Å². The lowest BCUT2D eigenvalue weighted by Gasteiger charge is -2.12. The molecule has 0 saturated heterocycles. The van der Waals surface area contributed by atoms with Crippen LogP contribution in [-0.2, 0) is 0 Å². The zero-order chi connectivity index (χ0) is 15.5. The van der Waals surface area contributed by atoms with Gasteiger partial charge >= 0.3 is 0 Å². The first-order valence-corrected chi connectivity index (χ1v) is 8.54. The molecule has 2 N–H and O–H groups in total. The van der Waals surface area contributed by atoms with Gasteiger partial charge in [-0.2, -0.15) is 0 Å². The van der Waals surface area contributed by atoms with Gasteiger partial charge < -0.3 is 10.6 Å². The number of unbranched alkanes of at least 4 members (excludes halogenated alkanes) is 5. The molecule has 0 aliphatic carbocycles. The normalized spacial score (nSPS) is 10.9. The predicted octanol–water partition coefficient (Wildman–Crippen LogP) is 4.80. The van der Waals surface area contributed by atoms with Crippen LogP contribution in [0.4, 0.5) is 11.6 Å². The second kappa shape index (κ2) is 10.4. The van der Waals surface area contributed by atoms with Crippen LogP contribution in [0.5, 0.6) is 0 Å². The Morgan fingerprint density at radius 2 is 1.52 bits per heavy atom. The quantitative estimate of drug-likeness (QED) is 0.575. The molecule has 0 amide bonds. The highest BCUT2D eigenvalue weighted by Crippen LogP contribution is 2.17. The van der Waals surface area contributed by atoms with E-state index in [1.54, 1.807) is 0 Å². The molecular formula is C17H32N4. The molecule has 21 heavy (non-hydrogen) atoms. The van der Waals surface area contributed by atoms with Gasteiger partial charge in [0, 0.05) is 25.1 Å². The molecule has 0 bridgehead atoms. The fraction of sp³-hybridized carbons (Fsp3) is 0.765. The minimum atomic E-state index is 0.346. The van der Waals surface area contributed by atoms with Crippen LogP contribution in [-0.4, -0.2) is 23.1 Å². The molecular weight excluding hydrogens is 260 g/mol. The van der Waals surface area contributed by atoms with E-state index in [0.717, 1.165) is 30.5 Å². The Hall–Kier alpha value is -1.32. The number of nitrogens with zero attached hydrogens (tertiary/aromatic N) is 2. The summed E-state index contributed by atoms with van der Waals surface area (Å²) in [6.07, 6.45) is 7.90. The monoisotopic (exact) mass is 292 g/mol. The molecule has 1 heterocycles. The third-order valence-electron chi connectivity index (χ3n) is 3.45. The number of hydrogen-bond donors (Lipinski definition) is 2. The van der Waals surface area contributed by atoms with E-state index in [9.17, 15) is 0 Å². The first-order chi connectivity index (χ1) is 10.2. The zero-order valence-corrected chi connectivity index (χ0v) is 14.2. The first-order valence-electron chi connectivity index (χ1n) is 8.54. The minimum absolute atomic E-state index is 0.346.